The van der Waals surface area contributed by atoms with Gasteiger partial charge in [0.05, 0.1) is 13.0 Å². The maximum Gasteiger partial charge on any atom is 0.303 e. The second kappa shape index (κ2) is 10.1. The summed E-state index contributed by atoms with van der Waals surface area (Å²) in [6, 6.07) is 17.8. The van der Waals surface area contributed by atoms with Crippen LogP contribution in [-0.4, -0.2) is 23.6 Å². The van der Waals surface area contributed by atoms with Crippen molar-refractivity contribution in [1.29, 1.82) is 0 Å². The van der Waals surface area contributed by atoms with Gasteiger partial charge in [0.2, 0.25) is 5.91 Å². The minimum atomic E-state index is -0.969. The third-order valence-corrected chi connectivity index (χ3v) is 3.70. The van der Waals surface area contributed by atoms with Crippen molar-refractivity contribution in [1.82, 2.24) is 5.32 Å². The first-order valence-corrected chi connectivity index (χ1v) is 8.37. The smallest absolute Gasteiger partial charge is 0.303 e. The molecular weight excluding hydrogens is 318 g/mol. The Morgan fingerprint density at radius 1 is 0.920 bits per heavy atom. The predicted molar refractivity (Wildman–Crippen MR) is 95.4 cm³/mol. The van der Waals surface area contributed by atoms with Crippen LogP contribution in [0.25, 0.3) is 0 Å². The summed E-state index contributed by atoms with van der Waals surface area (Å²) in [5, 5.41) is 11.2. The largest absolute Gasteiger partial charge is 0.494 e. The van der Waals surface area contributed by atoms with Gasteiger partial charge in [0.25, 0.3) is 0 Å². The van der Waals surface area contributed by atoms with Crippen LogP contribution in [0.2, 0.25) is 0 Å². The summed E-state index contributed by atoms with van der Waals surface area (Å²) in [6.07, 6.45) is 1.78. The van der Waals surface area contributed by atoms with E-state index in [1.54, 1.807) is 0 Å². The molecule has 0 aliphatic heterocycles. The topological polar surface area (TPSA) is 75.6 Å². The number of amides is 1. The van der Waals surface area contributed by atoms with Crippen LogP contribution in [-0.2, 0) is 22.6 Å². The van der Waals surface area contributed by atoms with E-state index in [-0.39, 0.29) is 18.7 Å². The number of hydrogen-bond acceptors (Lipinski definition) is 3. The lowest BCUT2D eigenvalue weighted by molar-refractivity contribution is -0.138. The van der Waals surface area contributed by atoms with Crippen molar-refractivity contribution in [3.63, 3.8) is 0 Å². The molecule has 0 radical (unpaired) electrons. The van der Waals surface area contributed by atoms with E-state index in [1.807, 2.05) is 42.5 Å². The maximum atomic E-state index is 11.5. The molecule has 0 aliphatic rings. The molecule has 2 rings (SSSR count). The average molecular weight is 341 g/mol. The number of nitrogens with one attached hydrogen (secondary N) is 1. The summed E-state index contributed by atoms with van der Waals surface area (Å²) < 4.78 is 5.72. The fourth-order valence-corrected chi connectivity index (χ4v) is 2.32. The molecule has 0 fully saturated rings. The molecule has 132 valence electrons. The summed E-state index contributed by atoms with van der Waals surface area (Å²) >= 11 is 0. The average Bonchev–Trinajstić information content (AvgIpc) is 2.63. The van der Waals surface area contributed by atoms with Crippen LogP contribution >= 0.6 is 0 Å². The van der Waals surface area contributed by atoms with Gasteiger partial charge in [-0.15, -0.1) is 0 Å². The van der Waals surface area contributed by atoms with Crippen LogP contribution in [0.5, 0.6) is 5.75 Å². The molecule has 2 aromatic carbocycles. The predicted octanol–water partition coefficient (Wildman–Crippen LogP) is 3.18. The Morgan fingerprint density at radius 3 is 2.32 bits per heavy atom. The van der Waals surface area contributed by atoms with Gasteiger partial charge in [-0.25, -0.2) is 0 Å². The molecule has 0 spiro atoms. The molecule has 0 aliphatic carbocycles. The molecule has 5 heteroatoms. The van der Waals surface area contributed by atoms with Crippen molar-refractivity contribution in [3.05, 3.63) is 65.7 Å². The van der Waals surface area contributed by atoms with Crippen LogP contribution in [0.1, 0.15) is 30.4 Å². The minimum absolute atomic E-state index is 0.00204. The molecule has 2 N–H and O–H groups in total. The Balaban J connectivity index is 1.65. The van der Waals surface area contributed by atoms with E-state index in [9.17, 15) is 9.59 Å². The van der Waals surface area contributed by atoms with Crippen LogP contribution in [0.15, 0.2) is 54.6 Å². The normalized spacial score (nSPS) is 10.2. The van der Waals surface area contributed by atoms with Crippen molar-refractivity contribution in [2.24, 2.45) is 0 Å². The fraction of sp³-hybridized carbons (Fsp3) is 0.300. The second-order valence-electron chi connectivity index (χ2n) is 5.75. The summed E-state index contributed by atoms with van der Waals surface area (Å²) in [6.45, 7) is 1.03. The summed E-state index contributed by atoms with van der Waals surface area (Å²) in [4.78, 5) is 21.9. The second-order valence-corrected chi connectivity index (χ2v) is 5.75. The molecule has 0 bridgehead atoms. The number of benzene rings is 2. The molecule has 1 amide bonds. The molecule has 0 heterocycles. The number of carbonyl (C=O) groups excluding carboxylic acids is 1. The summed E-state index contributed by atoms with van der Waals surface area (Å²) in [5.41, 5.74) is 2.25. The standard InChI is InChI=1S/C20H23NO4/c22-19(12-13-20(23)24)21-15-17-8-10-18(11-9-17)25-14-4-7-16-5-2-1-3-6-16/h1-3,5-6,8-11H,4,7,12-15H2,(H,21,22)(H,23,24). The Kier molecular flexibility index (Phi) is 7.50. The maximum absolute atomic E-state index is 11.5. The zero-order chi connectivity index (χ0) is 17.9. The minimum Gasteiger partial charge on any atom is -0.494 e. The number of hydrogen-bond donors (Lipinski definition) is 2. The van der Waals surface area contributed by atoms with E-state index >= 15 is 0 Å². The zero-order valence-corrected chi connectivity index (χ0v) is 14.1. The van der Waals surface area contributed by atoms with Gasteiger partial charge in [0, 0.05) is 13.0 Å². The van der Waals surface area contributed by atoms with E-state index < -0.39 is 5.97 Å². The van der Waals surface area contributed by atoms with Crippen LogP contribution in [0, 0.1) is 0 Å². The molecule has 0 aromatic heterocycles. The van der Waals surface area contributed by atoms with Gasteiger partial charge in [-0.2, -0.15) is 0 Å². The lowest BCUT2D eigenvalue weighted by Crippen LogP contribution is -2.23. The van der Waals surface area contributed by atoms with Gasteiger partial charge < -0.3 is 15.2 Å². The number of aliphatic carboxylic acids is 1. The summed E-state index contributed by atoms with van der Waals surface area (Å²) in [7, 11) is 0. The van der Waals surface area contributed by atoms with Gasteiger partial charge in [0.15, 0.2) is 0 Å². The Hall–Kier alpha value is -2.82. The molecule has 5 nitrogen and oxygen atoms in total. The lowest BCUT2D eigenvalue weighted by Gasteiger charge is -2.08. The van der Waals surface area contributed by atoms with Crippen LogP contribution in [0.4, 0.5) is 0 Å². The molecule has 2 aromatic rings. The molecule has 25 heavy (non-hydrogen) atoms. The van der Waals surface area contributed by atoms with Gasteiger partial charge in [-0.05, 0) is 36.1 Å². The number of ether oxygens (including phenoxy) is 1. The molecule has 0 saturated heterocycles. The first-order chi connectivity index (χ1) is 12.1. The lowest BCUT2D eigenvalue weighted by atomic mass is 10.1. The van der Waals surface area contributed by atoms with Gasteiger partial charge in [-0.1, -0.05) is 42.5 Å². The van der Waals surface area contributed by atoms with E-state index in [4.69, 9.17) is 9.84 Å². The highest BCUT2D eigenvalue weighted by molar-refractivity contribution is 5.80. The van der Waals surface area contributed by atoms with Crippen LogP contribution in [0.3, 0.4) is 0 Å². The van der Waals surface area contributed by atoms with Crippen molar-refractivity contribution in [3.8, 4) is 5.75 Å². The van der Waals surface area contributed by atoms with Crippen molar-refractivity contribution >= 4 is 11.9 Å². The Morgan fingerprint density at radius 2 is 1.64 bits per heavy atom. The Labute approximate surface area is 147 Å². The number of rotatable bonds is 10. The quantitative estimate of drug-likeness (QED) is 0.651. The van der Waals surface area contributed by atoms with E-state index in [2.05, 4.69) is 17.4 Å². The first-order valence-electron chi connectivity index (χ1n) is 8.37. The van der Waals surface area contributed by atoms with Gasteiger partial charge in [-0.3, -0.25) is 9.59 Å². The fourth-order valence-electron chi connectivity index (χ4n) is 2.32. The molecular formula is C20H23NO4. The zero-order valence-electron chi connectivity index (χ0n) is 14.1. The van der Waals surface area contributed by atoms with Gasteiger partial charge >= 0.3 is 5.97 Å². The van der Waals surface area contributed by atoms with Crippen molar-refractivity contribution in [2.75, 3.05) is 6.61 Å². The van der Waals surface area contributed by atoms with E-state index in [0.29, 0.717) is 13.2 Å². The van der Waals surface area contributed by atoms with Crippen LogP contribution < -0.4 is 10.1 Å². The number of carbonyl (C=O) groups is 2. The van der Waals surface area contributed by atoms with E-state index in [1.165, 1.54) is 5.56 Å². The highest BCUT2D eigenvalue weighted by atomic mass is 16.5. The van der Waals surface area contributed by atoms with Crippen molar-refractivity contribution < 1.29 is 19.4 Å². The van der Waals surface area contributed by atoms with Crippen molar-refractivity contribution in [2.45, 2.75) is 32.2 Å². The summed E-state index contributed by atoms with van der Waals surface area (Å²) in [5.74, 6) is -0.429. The molecule has 0 atom stereocenters. The van der Waals surface area contributed by atoms with E-state index in [0.717, 1.165) is 24.2 Å². The number of aryl methyl sites for hydroxylation is 1. The highest BCUT2D eigenvalue weighted by Gasteiger charge is 2.05. The monoisotopic (exact) mass is 341 g/mol. The SMILES string of the molecule is O=C(O)CCC(=O)NCc1ccc(OCCCc2ccccc2)cc1. The third kappa shape index (κ3) is 7.52. The number of carboxylic acid groups (broad SMARTS) is 1. The van der Waals surface area contributed by atoms with Gasteiger partial charge in [0.1, 0.15) is 5.75 Å². The molecule has 0 unspecified atom stereocenters. The Bertz CT molecular complexity index is 668. The first kappa shape index (κ1) is 18.5. The molecule has 0 saturated carbocycles. The third-order valence-electron chi connectivity index (χ3n) is 3.70. The highest BCUT2D eigenvalue weighted by Crippen LogP contribution is 2.13. The number of carboxylic acids is 1.